The van der Waals surface area contributed by atoms with Crippen LogP contribution < -0.4 is 16.4 Å². The number of nitrogens with zero attached hydrogens (tertiary/aromatic N) is 6. The van der Waals surface area contributed by atoms with Crippen LogP contribution in [0.5, 0.6) is 0 Å². The summed E-state index contributed by atoms with van der Waals surface area (Å²) in [4.78, 5) is 36.6. The van der Waals surface area contributed by atoms with E-state index in [1.807, 2.05) is 31.3 Å². The molecule has 0 saturated carbocycles. The van der Waals surface area contributed by atoms with E-state index in [4.69, 9.17) is 5.73 Å². The minimum Gasteiger partial charge on any atom is -0.364 e. The van der Waals surface area contributed by atoms with Gasteiger partial charge in [0, 0.05) is 44.0 Å². The molecule has 0 spiro atoms. The van der Waals surface area contributed by atoms with Gasteiger partial charge in [-0.25, -0.2) is 0 Å². The van der Waals surface area contributed by atoms with Crippen molar-refractivity contribution in [1.29, 1.82) is 0 Å². The SMILES string of the molecule is C=CC(=O)N1CCC[C@@H](Nc2nnc(C(N)=O)c(Nc3ccc(C4=NCCN4C)cc3)n2)C1. The number of aliphatic imine (C=N–C) groups is 1. The fourth-order valence-corrected chi connectivity index (χ4v) is 3.93. The van der Waals surface area contributed by atoms with Crippen molar-refractivity contribution in [3.05, 3.63) is 48.2 Å². The molecule has 1 fully saturated rings. The van der Waals surface area contributed by atoms with Crippen LogP contribution in [0.15, 0.2) is 41.9 Å². The molecule has 1 aromatic carbocycles. The number of carbonyl (C=O) groups excluding carboxylic acids is 2. The molecule has 0 aliphatic carbocycles. The van der Waals surface area contributed by atoms with Gasteiger partial charge in [-0.2, -0.15) is 4.98 Å². The lowest BCUT2D eigenvalue weighted by atomic mass is 10.1. The molecule has 4 rings (SSSR count). The highest BCUT2D eigenvalue weighted by atomic mass is 16.2. The molecule has 0 radical (unpaired) electrons. The zero-order valence-corrected chi connectivity index (χ0v) is 18.5. The first kappa shape index (κ1) is 22.2. The van der Waals surface area contributed by atoms with E-state index < -0.39 is 5.91 Å². The van der Waals surface area contributed by atoms with Gasteiger partial charge in [0.15, 0.2) is 11.5 Å². The number of nitrogens with one attached hydrogen (secondary N) is 2. The molecule has 1 aromatic heterocycles. The highest BCUT2D eigenvalue weighted by Gasteiger charge is 2.24. The lowest BCUT2D eigenvalue weighted by molar-refractivity contribution is -0.127. The van der Waals surface area contributed by atoms with Gasteiger partial charge < -0.3 is 26.2 Å². The predicted octanol–water partition coefficient (Wildman–Crippen LogP) is 0.995. The van der Waals surface area contributed by atoms with Crippen LogP contribution in [0.25, 0.3) is 0 Å². The quantitative estimate of drug-likeness (QED) is 0.532. The monoisotopic (exact) mass is 449 g/mol. The van der Waals surface area contributed by atoms with Crippen molar-refractivity contribution in [2.45, 2.75) is 18.9 Å². The molecular weight excluding hydrogens is 422 g/mol. The summed E-state index contributed by atoms with van der Waals surface area (Å²) in [5.41, 5.74) is 7.14. The van der Waals surface area contributed by atoms with Gasteiger partial charge >= 0.3 is 0 Å². The molecule has 3 heterocycles. The predicted molar refractivity (Wildman–Crippen MR) is 126 cm³/mol. The molecule has 33 heavy (non-hydrogen) atoms. The maximum atomic E-state index is 11.9. The van der Waals surface area contributed by atoms with Crippen LogP contribution in [0.3, 0.4) is 0 Å². The van der Waals surface area contributed by atoms with Gasteiger partial charge in [-0.1, -0.05) is 6.58 Å². The molecule has 1 atom stereocenters. The van der Waals surface area contributed by atoms with Crippen molar-refractivity contribution in [3.8, 4) is 0 Å². The zero-order chi connectivity index (χ0) is 23.4. The average Bonchev–Trinajstić information content (AvgIpc) is 3.25. The van der Waals surface area contributed by atoms with Crippen LogP contribution in [0.4, 0.5) is 17.5 Å². The van der Waals surface area contributed by atoms with Gasteiger partial charge in [0.1, 0.15) is 5.84 Å². The number of rotatable bonds is 7. The molecule has 2 aliphatic heterocycles. The van der Waals surface area contributed by atoms with Crippen LogP contribution in [-0.2, 0) is 4.79 Å². The summed E-state index contributed by atoms with van der Waals surface area (Å²) in [5, 5.41) is 14.3. The van der Waals surface area contributed by atoms with Crippen molar-refractivity contribution in [2.24, 2.45) is 10.7 Å². The van der Waals surface area contributed by atoms with Crippen LogP contribution in [0.2, 0.25) is 0 Å². The fraction of sp³-hybridized carbons (Fsp3) is 0.364. The van der Waals surface area contributed by atoms with Crippen LogP contribution in [0, 0.1) is 0 Å². The van der Waals surface area contributed by atoms with Crippen LogP contribution in [0.1, 0.15) is 28.9 Å². The summed E-state index contributed by atoms with van der Waals surface area (Å²) in [6, 6.07) is 7.62. The number of piperidine rings is 1. The molecule has 0 bridgehead atoms. The zero-order valence-electron chi connectivity index (χ0n) is 18.5. The van der Waals surface area contributed by atoms with E-state index in [9.17, 15) is 9.59 Å². The molecule has 4 N–H and O–H groups in total. The minimum atomic E-state index is -0.733. The summed E-state index contributed by atoms with van der Waals surface area (Å²) in [5.74, 6) is 0.566. The topological polar surface area (TPSA) is 142 Å². The second kappa shape index (κ2) is 9.63. The first-order valence-electron chi connectivity index (χ1n) is 10.8. The Morgan fingerprint density at radius 3 is 2.67 bits per heavy atom. The van der Waals surface area contributed by atoms with Crippen LogP contribution >= 0.6 is 0 Å². The lowest BCUT2D eigenvalue weighted by Crippen LogP contribution is -2.44. The fourth-order valence-electron chi connectivity index (χ4n) is 3.93. The Labute approximate surface area is 191 Å². The van der Waals surface area contributed by atoms with Gasteiger partial charge in [0.25, 0.3) is 5.91 Å². The molecular formula is C22H27N9O2. The Balaban J connectivity index is 1.50. The van der Waals surface area contributed by atoms with Crippen molar-refractivity contribution >= 4 is 35.1 Å². The second-order valence-corrected chi connectivity index (χ2v) is 8.00. The first-order chi connectivity index (χ1) is 15.9. The molecule has 2 aliphatic rings. The number of hydrogen-bond donors (Lipinski definition) is 3. The lowest BCUT2D eigenvalue weighted by Gasteiger charge is -2.32. The summed E-state index contributed by atoms with van der Waals surface area (Å²) in [6.07, 6.45) is 3.01. The smallest absolute Gasteiger partial charge is 0.273 e. The molecule has 1 saturated heterocycles. The Hall–Kier alpha value is -4.02. The van der Waals surface area contributed by atoms with E-state index in [0.717, 1.165) is 43.0 Å². The number of amidine groups is 1. The Morgan fingerprint density at radius 2 is 2.00 bits per heavy atom. The number of carbonyl (C=O) groups is 2. The maximum absolute atomic E-state index is 11.9. The van der Waals surface area contributed by atoms with E-state index in [0.29, 0.717) is 13.1 Å². The van der Waals surface area contributed by atoms with Gasteiger partial charge in [-0.15, -0.1) is 10.2 Å². The Kier molecular flexibility index (Phi) is 6.48. The number of hydrogen-bond acceptors (Lipinski definition) is 9. The largest absolute Gasteiger partial charge is 0.364 e. The number of amides is 2. The molecule has 2 amide bonds. The van der Waals surface area contributed by atoms with Gasteiger partial charge in [0.05, 0.1) is 6.54 Å². The van der Waals surface area contributed by atoms with E-state index in [-0.39, 0.29) is 29.4 Å². The standard InChI is InChI=1S/C22H27N9O2/c1-3-17(32)31-11-4-5-16(13-31)26-22-27-20(18(19(23)33)28-29-22)25-15-8-6-14(7-9-15)21-24-10-12-30(21)2/h3,6-9,16H,1,4-5,10-13H2,2H3,(H2,23,33)(H2,25,26,27,29)/t16-/m1/s1. The minimum absolute atomic E-state index is 0.0415. The third-order valence-corrected chi connectivity index (χ3v) is 5.63. The summed E-state index contributed by atoms with van der Waals surface area (Å²) >= 11 is 0. The molecule has 172 valence electrons. The number of anilines is 3. The highest BCUT2D eigenvalue weighted by molar-refractivity contribution is 6.00. The van der Waals surface area contributed by atoms with E-state index >= 15 is 0 Å². The molecule has 11 heteroatoms. The third kappa shape index (κ3) is 5.08. The first-order valence-corrected chi connectivity index (χ1v) is 10.8. The summed E-state index contributed by atoms with van der Waals surface area (Å²) in [7, 11) is 2.01. The van der Waals surface area contributed by atoms with Gasteiger partial charge in [-0.3, -0.25) is 14.6 Å². The number of aromatic nitrogens is 3. The highest BCUT2D eigenvalue weighted by Crippen LogP contribution is 2.21. The van der Waals surface area contributed by atoms with E-state index in [2.05, 4.69) is 42.3 Å². The molecule has 11 nitrogen and oxygen atoms in total. The second-order valence-electron chi connectivity index (χ2n) is 8.00. The maximum Gasteiger partial charge on any atom is 0.273 e. The van der Waals surface area contributed by atoms with Gasteiger partial charge in [0.2, 0.25) is 11.9 Å². The van der Waals surface area contributed by atoms with Crippen molar-refractivity contribution in [3.63, 3.8) is 0 Å². The number of likely N-dealkylation sites (tertiary alicyclic amines) is 1. The van der Waals surface area contributed by atoms with E-state index in [1.165, 1.54) is 6.08 Å². The summed E-state index contributed by atoms with van der Waals surface area (Å²) in [6.45, 7) is 6.43. The third-order valence-electron chi connectivity index (χ3n) is 5.63. The number of primary amides is 1. The Morgan fingerprint density at radius 1 is 1.21 bits per heavy atom. The van der Waals surface area contributed by atoms with Gasteiger partial charge in [-0.05, 0) is 43.2 Å². The normalized spacial score (nSPS) is 18.0. The number of benzene rings is 1. The number of likely N-dealkylation sites (N-methyl/N-ethyl adjacent to an activating group) is 1. The molecule has 2 aromatic rings. The van der Waals surface area contributed by atoms with Crippen molar-refractivity contribution in [1.82, 2.24) is 25.0 Å². The van der Waals surface area contributed by atoms with Crippen LogP contribution in [-0.4, -0.2) is 81.9 Å². The average molecular weight is 450 g/mol. The van der Waals surface area contributed by atoms with Crippen molar-refractivity contribution < 1.29 is 9.59 Å². The molecule has 0 unspecified atom stereocenters. The van der Waals surface area contributed by atoms with Crippen molar-refractivity contribution in [2.75, 3.05) is 43.9 Å². The Bertz CT molecular complexity index is 1080. The number of nitrogens with two attached hydrogens (primary N) is 1. The summed E-state index contributed by atoms with van der Waals surface area (Å²) < 4.78 is 0. The van der Waals surface area contributed by atoms with E-state index in [1.54, 1.807) is 4.90 Å².